The zero-order valence-corrected chi connectivity index (χ0v) is 12.9. The second-order valence-corrected chi connectivity index (χ2v) is 6.26. The molecule has 4 heteroatoms. The lowest BCUT2D eigenvalue weighted by molar-refractivity contribution is 0.108. The molecule has 1 aliphatic rings. The summed E-state index contributed by atoms with van der Waals surface area (Å²) in [5.74, 6) is 0.332. The molecule has 0 spiro atoms. The van der Waals surface area contributed by atoms with Crippen LogP contribution in [-0.4, -0.2) is 22.4 Å². The minimum Gasteiger partial charge on any atom is -0.508 e. The number of halogens is 1. The van der Waals surface area contributed by atoms with Crippen LogP contribution in [0.5, 0.6) is 5.75 Å². The fourth-order valence-corrected chi connectivity index (χ4v) is 3.21. The summed E-state index contributed by atoms with van der Waals surface area (Å²) in [5, 5.41) is 23.3. The summed E-state index contributed by atoms with van der Waals surface area (Å²) >= 11 is 3.45. The van der Waals surface area contributed by atoms with E-state index >= 15 is 0 Å². The summed E-state index contributed by atoms with van der Waals surface area (Å²) in [6.07, 6.45) is 4.63. The Morgan fingerprint density at radius 1 is 1.42 bits per heavy atom. The molecule has 1 fully saturated rings. The van der Waals surface area contributed by atoms with Gasteiger partial charge in [-0.3, -0.25) is 0 Å². The molecule has 1 saturated carbocycles. The van der Waals surface area contributed by atoms with Crippen molar-refractivity contribution in [1.82, 2.24) is 5.32 Å². The highest BCUT2D eigenvalue weighted by atomic mass is 79.9. The van der Waals surface area contributed by atoms with Gasteiger partial charge in [0.2, 0.25) is 0 Å². The summed E-state index contributed by atoms with van der Waals surface area (Å²) in [5.41, 5.74) is 0.928. The first-order chi connectivity index (χ1) is 9.10. The summed E-state index contributed by atoms with van der Waals surface area (Å²) in [7, 11) is 0. The third kappa shape index (κ3) is 3.94. The number of hydrogen-bond donors (Lipinski definition) is 3. The van der Waals surface area contributed by atoms with Crippen molar-refractivity contribution in [3.05, 3.63) is 28.2 Å². The second kappa shape index (κ2) is 6.73. The number of phenols is 1. The fourth-order valence-electron chi connectivity index (χ4n) is 2.83. The maximum absolute atomic E-state index is 10.0. The van der Waals surface area contributed by atoms with Gasteiger partial charge in [0.25, 0.3) is 0 Å². The highest BCUT2D eigenvalue weighted by Gasteiger charge is 2.23. The number of aromatic hydroxyl groups is 1. The third-order valence-electron chi connectivity index (χ3n) is 3.86. The van der Waals surface area contributed by atoms with Gasteiger partial charge in [0.1, 0.15) is 5.75 Å². The van der Waals surface area contributed by atoms with Crippen LogP contribution >= 0.6 is 15.9 Å². The molecule has 0 saturated heterocycles. The minimum atomic E-state index is -0.181. The van der Waals surface area contributed by atoms with Crippen molar-refractivity contribution in [2.24, 2.45) is 0 Å². The first kappa shape index (κ1) is 14.8. The van der Waals surface area contributed by atoms with Crippen molar-refractivity contribution in [1.29, 1.82) is 0 Å². The van der Waals surface area contributed by atoms with E-state index in [0.717, 1.165) is 42.1 Å². The standard InChI is InChI=1S/C15H22BrNO2/c1-2-14(13-8-10(16)6-7-15(13)19)17-11-4-3-5-12(18)9-11/h6-8,11-12,14,17-19H,2-5,9H2,1H3. The monoisotopic (exact) mass is 327 g/mol. The number of nitrogens with one attached hydrogen (secondary N) is 1. The number of rotatable bonds is 4. The van der Waals surface area contributed by atoms with Gasteiger partial charge in [0.15, 0.2) is 0 Å². The quantitative estimate of drug-likeness (QED) is 0.793. The van der Waals surface area contributed by atoms with Crippen LogP contribution in [0.1, 0.15) is 50.6 Å². The molecule has 1 aromatic carbocycles. The lowest BCUT2D eigenvalue weighted by Gasteiger charge is -2.31. The van der Waals surface area contributed by atoms with Crippen molar-refractivity contribution >= 4 is 15.9 Å². The van der Waals surface area contributed by atoms with E-state index in [-0.39, 0.29) is 12.1 Å². The maximum atomic E-state index is 10.0. The van der Waals surface area contributed by atoms with Crippen molar-refractivity contribution in [3.8, 4) is 5.75 Å². The van der Waals surface area contributed by atoms with Crippen LogP contribution in [-0.2, 0) is 0 Å². The van der Waals surface area contributed by atoms with Gasteiger partial charge < -0.3 is 15.5 Å². The van der Waals surface area contributed by atoms with Gasteiger partial charge in [-0.15, -0.1) is 0 Å². The predicted octanol–water partition coefficient (Wildman–Crippen LogP) is 3.50. The number of benzene rings is 1. The summed E-state index contributed by atoms with van der Waals surface area (Å²) in [6.45, 7) is 2.11. The second-order valence-electron chi connectivity index (χ2n) is 5.35. The molecular formula is C15H22BrNO2. The normalized spacial score (nSPS) is 25.2. The minimum absolute atomic E-state index is 0.132. The van der Waals surface area contributed by atoms with Crippen LogP contribution in [0.3, 0.4) is 0 Å². The Morgan fingerprint density at radius 2 is 2.21 bits per heavy atom. The smallest absolute Gasteiger partial charge is 0.120 e. The zero-order valence-electron chi connectivity index (χ0n) is 11.3. The Morgan fingerprint density at radius 3 is 2.89 bits per heavy atom. The predicted molar refractivity (Wildman–Crippen MR) is 80.2 cm³/mol. The molecule has 3 atom stereocenters. The Hall–Kier alpha value is -0.580. The lowest BCUT2D eigenvalue weighted by Crippen LogP contribution is -2.38. The van der Waals surface area contributed by atoms with Crippen molar-refractivity contribution in [2.75, 3.05) is 0 Å². The molecule has 0 radical (unpaired) electrons. The van der Waals surface area contributed by atoms with E-state index < -0.39 is 0 Å². The molecule has 0 aromatic heterocycles. The van der Waals surface area contributed by atoms with Gasteiger partial charge >= 0.3 is 0 Å². The molecule has 0 bridgehead atoms. The molecule has 3 nitrogen and oxygen atoms in total. The Kier molecular flexibility index (Phi) is 5.25. The highest BCUT2D eigenvalue weighted by molar-refractivity contribution is 9.10. The van der Waals surface area contributed by atoms with Crippen LogP contribution in [0.4, 0.5) is 0 Å². The van der Waals surface area contributed by atoms with Crippen molar-refractivity contribution in [2.45, 2.75) is 57.2 Å². The first-order valence-corrected chi connectivity index (χ1v) is 7.82. The zero-order chi connectivity index (χ0) is 13.8. The molecule has 2 rings (SSSR count). The number of aliphatic hydroxyl groups excluding tert-OH is 1. The fraction of sp³-hybridized carbons (Fsp3) is 0.600. The van der Waals surface area contributed by atoms with E-state index in [2.05, 4.69) is 28.2 Å². The number of phenolic OH excluding ortho intramolecular Hbond substituents is 1. The average molecular weight is 328 g/mol. The van der Waals surface area contributed by atoms with Crippen LogP contribution in [0.2, 0.25) is 0 Å². The van der Waals surface area contributed by atoms with Crippen LogP contribution < -0.4 is 5.32 Å². The first-order valence-electron chi connectivity index (χ1n) is 7.02. The Labute approximate surface area is 123 Å². The van der Waals surface area contributed by atoms with Gasteiger partial charge in [-0.05, 0) is 50.3 Å². The third-order valence-corrected chi connectivity index (χ3v) is 4.35. The van der Waals surface area contributed by atoms with Crippen LogP contribution in [0, 0.1) is 0 Å². The number of hydrogen-bond acceptors (Lipinski definition) is 3. The van der Waals surface area contributed by atoms with Gasteiger partial charge in [0, 0.05) is 22.1 Å². The number of aliphatic hydroxyl groups is 1. The van der Waals surface area contributed by atoms with E-state index in [9.17, 15) is 10.2 Å². The molecule has 19 heavy (non-hydrogen) atoms. The van der Waals surface area contributed by atoms with Gasteiger partial charge in [-0.2, -0.15) is 0 Å². The van der Waals surface area contributed by atoms with Crippen molar-refractivity contribution < 1.29 is 10.2 Å². The highest BCUT2D eigenvalue weighted by Crippen LogP contribution is 2.31. The molecule has 0 amide bonds. The lowest BCUT2D eigenvalue weighted by atomic mass is 9.91. The molecule has 1 aromatic rings. The molecule has 106 valence electrons. The molecular weight excluding hydrogens is 306 g/mol. The van der Waals surface area contributed by atoms with Gasteiger partial charge in [0.05, 0.1) is 6.10 Å². The van der Waals surface area contributed by atoms with E-state index in [1.165, 1.54) is 0 Å². The molecule has 0 aliphatic heterocycles. The molecule has 0 heterocycles. The van der Waals surface area contributed by atoms with Crippen LogP contribution in [0.25, 0.3) is 0 Å². The molecule has 1 aliphatic carbocycles. The summed E-state index contributed by atoms with van der Waals surface area (Å²) < 4.78 is 0.976. The van der Waals surface area contributed by atoms with Crippen LogP contribution in [0.15, 0.2) is 22.7 Å². The average Bonchev–Trinajstić information content (AvgIpc) is 2.39. The van der Waals surface area contributed by atoms with E-state index in [1.54, 1.807) is 6.07 Å². The van der Waals surface area contributed by atoms with Gasteiger partial charge in [-0.1, -0.05) is 22.9 Å². The van der Waals surface area contributed by atoms with E-state index in [0.29, 0.717) is 11.8 Å². The Bertz CT molecular complexity index is 425. The SMILES string of the molecule is CCC(NC1CCCC(O)C1)c1cc(Br)ccc1O. The largest absolute Gasteiger partial charge is 0.508 e. The van der Waals surface area contributed by atoms with E-state index in [4.69, 9.17) is 0 Å². The molecule has 3 unspecified atom stereocenters. The Balaban J connectivity index is 2.09. The summed E-state index contributed by atoms with van der Waals surface area (Å²) in [4.78, 5) is 0. The van der Waals surface area contributed by atoms with Crippen molar-refractivity contribution in [3.63, 3.8) is 0 Å². The summed E-state index contributed by atoms with van der Waals surface area (Å²) in [6, 6.07) is 6.00. The van der Waals surface area contributed by atoms with Gasteiger partial charge in [-0.25, -0.2) is 0 Å². The topological polar surface area (TPSA) is 52.5 Å². The maximum Gasteiger partial charge on any atom is 0.120 e. The van der Waals surface area contributed by atoms with E-state index in [1.807, 2.05) is 12.1 Å². The molecule has 3 N–H and O–H groups in total.